The van der Waals surface area contributed by atoms with Crippen molar-refractivity contribution >= 4 is 39.9 Å². The number of aromatic nitrogens is 1. The molecule has 0 aliphatic carbocycles. The van der Waals surface area contributed by atoms with Crippen LogP contribution in [0.4, 0.5) is 0 Å². The number of halogens is 1. The van der Waals surface area contributed by atoms with Crippen LogP contribution in [0.25, 0.3) is 10.8 Å². The Morgan fingerprint density at radius 2 is 2.00 bits per heavy atom. The van der Waals surface area contributed by atoms with Crippen LogP contribution in [0.3, 0.4) is 0 Å². The molecule has 21 heavy (non-hydrogen) atoms. The molecule has 0 amide bonds. The number of hydrogen-bond acceptors (Lipinski definition) is 3. The number of pyridine rings is 1. The molecule has 0 atom stereocenters. The Balaban J connectivity index is 1.81. The maximum atomic E-state index is 12.4. The summed E-state index contributed by atoms with van der Waals surface area (Å²) in [5, 5.41) is 2.61. The van der Waals surface area contributed by atoms with Crippen molar-refractivity contribution < 1.29 is 4.79 Å². The quantitative estimate of drug-likeness (QED) is 0.509. The first kappa shape index (κ1) is 14.1. The third-order valence-corrected chi connectivity index (χ3v) is 4.38. The second kappa shape index (κ2) is 6.29. The van der Waals surface area contributed by atoms with Crippen molar-refractivity contribution in [2.75, 3.05) is 5.75 Å². The Labute approximate surface area is 132 Å². The molecule has 0 aliphatic rings. The van der Waals surface area contributed by atoms with Crippen molar-refractivity contribution in [2.45, 2.75) is 4.90 Å². The molecule has 2 nitrogen and oxygen atoms in total. The summed E-state index contributed by atoms with van der Waals surface area (Å²) in [6.07, 6.45) is 3.48. The number of nitrogens with zero attached hydrogens (tertiary/aromatic N) is 1. The van der Waals surface area contributed by atoms with Crippen LogP contribution in [-0.2, 0) is 0 Å². The average Bonchev–Trinajstić information content (AvgIpc) is 2.52. The number of carbonyl (C=O) groups excluding carboxylic acids is 1. The van der Waals surface area contributed by atoms with E-state index >= 15 is 0 Å². The number of rotatable bonds is 4. The molecule has 3 rings (SSSR count). The van der Waals surface area contributed by atoms with Crippen LogP contribution in [0, 0.1) is 0 Å². The molecule has 0 unspecified atom stereocenters. The molecule has 0 aliphatic heterocycles. The smallest absolute Gasteiger partial charge is 0.173 e. The van der Waals surface area contributed by atoms with Gasteiger partial charge in [-0.05, 0) is 29.7 Å². The SMILES string of the molecule is O=C(CSc1cccc(Cl)c1)c1cccc2ccncc12. The first-order valence-electron chi connectivity index (χ1n) is 6.48. The van der Waals surface area contributed by atoms with Crippen LogP contribution in [0.15, 0.2) is 65.8 Å². The first-order chi connectivity index (χ1) is 10.2. The van der Waals surface area contributed by atoms with E-state index in [0.717, 1.165) is 21.2 Å². The lowest BCUT2D eigenvalue weighted by Crippen LogP contribution is -2.03. The van der Waals surface area contributed by atoms with Gasteiger partial charge in [-0.3, -0.25) is 9.78 Å². The molecule has 0 saturated carbocycles. The van der Waals surface area contributed by atoms with E-state index in [1.807, 2.05) is 48.5 Å². The molecule has 4 heteroatoms. The van der Waals surface area contributed by atoms with Crippen LogP contribution in [0.5, 0.6) is 0 Å². The molecule has 2 aromatic carbocycles. The average molecular weight is 314 g/mol. The zero-order valence-corrected chi connectivity index (χ0v) is 12.7. The van der Waals surface area contributed by atoms with Gasteiger partial charge in [-0.2, -0.15) is 0 Å². The highest BCUT2D eigenvalue weighted by atomic mass is 35.5. The van der Waals surface area contributed by atoms with Crippen molar-refractivity contribution in [1.29, 1.82) is 0 Å². The van der Waals surface area contributed by atoms with Gasteiger partial charge in [-0.25, -0.2) is 0 Å². The standard InChI is InChI=1S/C17H12ClNOS/c18-13-4-2-5-14(9-13)21-11-17(20)15-6-1-3-12-7-8-19-10-16(12)15/h1-10H,11H2. The lowest BCUT2D eigenvalue weighted by molar-refractivity contribution is 0.102. The predicted molar refractivity (Wildman–Crippen MR) is 88.2 cm³/mol. The molecule has 3 aromatic rings. The van der Waals surface area contributed by atoms with Crippen LogP contribution in [-0.4, -0.2) is 16.5 Å². The minimum atomic E-state index is 0.0959. The number of benzene rings is 2. The number of thioether (sulfide) groups is 1. The van der Waals surface area contributed by atoms with E-state index in [-0.39, 0.29) is 5.78 Å². The summed E-state index contributed by atoms with van der Waals surface area (Å²) in [5.41, 5.74) is 0.718. The van der Waals surface area contributed by atoms with Crippen molar-refractivity contribution in [3.63, 3.8) is 0 Å². The van der Waals surface area contributed by atoms with Gasteiger partial charge in [0.25, 0.3) is 0 Å². The maximum Gasteiger partial charge on any atom is 0.173 e. The summed E-state index contributed by atoms with van der Waals surface area (Å²) in [5.74, 6) is 0.479. The monoisotopic (exact) mass is 313 g/mol. The molecule has 104 valence electrons. The van der Waals surface area contributed by atoms with Gasteiger partial charge in [-0.15, -0.1) is 11.8 Å². The van der Waals surface area contributed by atoms with E-state index in [4.69, 9.17) is 11.6 Å². The van der Waals surface area contributed by atoms with E-state index < -0.39 is 0 Å². The molecular formula is C17H12ClNOS. The Morgan fingerprint density at radius 1 is 1.14 bits per heavy atom. The Morgan fingerprint density at radius 3 is 2.86 bits per heavy atom. The van der Waals surface area contributed by atoms with Gasteiger partial charge in [0, 0.05) is 33.3 Å². The Hall–Kier alpha value is -1.84. The molecule has 0 fully saturated rings. The summed E-state index contributed by atoms with van der Waals surface area (Å²) in [6.45, 7) is 0. The molecule has 1 aromatic heterocycles. The fraction of sp³-hybridized carbons (Fsp3) is 0.0588. The highest BCUT2D eigenvalue weighted by Crippen LogP contribution is 2.24. The second-order valence-electron chi connectivity index (χ2n) is 4.57. The van der Waals surface area contributed by atoms with Crippen LogP contribution >= 0.6 is 23.4 Å². The van der Waals surface area contributed by atoms with E-state index in [2.05, 4.69) is 4.98 Å². The fourth-order valence-electron chi connectivity index (χ4n) is 2.14. The summed E-state index contributed by atoms with van der Waals surface area (Å²) >= 11 is 7.44. The Kier molecular flexibility index (Phi) is 4.23. The summed E-state index contributed by atoms with van der Waals surface area (Å²) < 4.78 is 0. The van der Waals surface area contributed by atoms with Crippen LogP contribution in [0.1, 0.15) is 10.4 Å². The molecule has 0 N–H and O–H groups in total. The summed E-state index contributed by atoms with van der Waals surface area (Å²) in [6, 6.07) is 15.2. The van der Waals surface area contributed by atoms with Gasteiger partial charge in [0.05, 0.1) is 5.75 Å². The predicted octanol–water partition coefficient (Wildman–Crippen LogP) is 4.86. The van der Waals surface area contributed by atoms with Gasteiger partial charge in [0.1, 0.15) is 0 Å². The number of carbonyl (C=O) groups is 1. The largest absolute Gasteiger partial charge is 0.293 e. The topological polar surface area (TPSA) is 30.0 Å². The number of Topliss-reactive ketones (excluding diaryl/α,β-unsaturated/α-hetero) is 1. The van der Waals surface area contributed by atoms with Gasteiger partial charge in [0.15, 0.2) is 5.78 Å². The van der Waals surface area contributed by atoms with Gasteiger partial charge < -0.3 is 0 Å². The fourth-order valence-corrected chi connectivity index (χ4v) is 3.23. The third kappa shape index (κ3) is 3.26. The lowest BCUT2D eigenvalue weighted by atomic mass is 10.0. The van der Waals surface area contributed by atoms with E-state index in [9.17, 15) is 4.79 Å². The van der Waals surface area contributed by atoms with Crippen molar-refractivity contribution in [3.05, 3.63) is 71.5 Å². The Bertz CT molecular complexity index is 798. The molecule has 0 saturated heterocycles. The molecule has 0 radical (unpaired) electrons. The van der Waals surface area contributed by atoms with Crippen LogP contribution < -0.4 is 0 Å². The van der Waals surface area contributed by atoms with Crippen LogP contribution in [0.2, 0.25) is 5.02 Å². The maximum absolute atomic E-state index is 12.4. The van der Waals surface area contributed by atoms with E-state index in [1.165, 1.54) is 11.8 Å². The second-order valence-corrected chi connectivity index (χ2v) is 6.06. The number of hydrogen-bond donors (Lipinski definition) is 0. The summed E-state index contributed by atoms with van der Waals surface area (Å²) in [4.78, 5) is 17.5. The molecule has 0 bridgehead atoms. The van der Waals surface area contributed by atoms with Crippen molar-refractivity contribution in [3.8, 4) is 0 Å². The molecule has 0 spiro atoms. The van der Waals surface area contributed by atoms with Gasteiger partial charge >= 0.3 is 0 Å². The first-order valence-corrected chi connectivity index (χ1v) is 7.85. The highest BCUT2D eigenvalue weighted by Gasteiger charge is 2.10. The van der Waals surface area contributed by atoms with Gasteiger partial charge in [-0.1, -0.05) is 35.9 Å². The van der Waals surface area contributed by atoms with E-state index in [0.29, 0.717) is 10.8 Å². The van der Waals surface area contributed by atoms with Crippen molar-refractivity contribution in [1.82, 2.24) is 4.98 Å². The molecular weight excluding hydrogens is 302 g/mol. The minimum absolute atomic E-state index is 0.0959. The normalized spacial score (nSPS) is 10.7. The van der Waals surface area contributed by atoms with Crippen molar-refractivity contribution in [2.24, 2.45) is 0 Å². The van der Waals surface area contributed by atoms with Gasteiger partial charge in [0.2, 0.25) is 0 Å². The van der Waals surface area contributed by atoms with E-state index in [1.54, 1.807) is 12.4 Å². The number of fused-ring (bicyclic) bond motifs is 1. The highest BCUT2D eigenvalue weighted by molar-refractivity contribution is 8.00. The molecule has 1 heterocycles. The zero-order valence-electron chi connectivity index (χ0n) is 11.1. The third-order valence-electron chi connectivity index (χ3n) is 3.15. The minimum Gasteiger partial charge on any atom is -0.293 e. The zero-order chi connectivity index (χ0) is 14.7. The number of ketones is 1. The lowest BCUT2D eigenvalue weighted by Gasteiger charge is -2.05. The summed E-state index contributed by atoms with van der Waals surface area (Å²) in [7, 11) is 0.